The van der Waals surface area contributed by atoms with Crippen LogP contribution in [-0.4, -0.2) is 9.55 Å². The molecule has 0 atom stereocenters. The molecule has 0 aliphatic heterocycles. The molecule has 0 saturated heterocycles. The monoisotopic (exact) mass is 204 g/mol. The number of rotatable bonds is 1. The number of fused-ring (bicyclic) bond motifs is 1. The number of nitrogens with zero attached hydrogens (tertiary/aromatic N) is 2. The molecule has 1 aliphatic carbocycles. The standard InChI is InChI=1S/C12H13FN2/c1-8-5-11-12(6-10(8)13)15(7-14-11)9-3-2-4-9/h5-7,9H,2-4H2,1H3. The van der Waals surface area contributed by atoms with Gasteiger partial charge in [0.25, 0.3) is 0 Å². The molecule has 1 saturated carbocycles. The minimum atomic E-state index is -0.136. The van der Waals surface area contributed by atoms with E-state index in [1.807, 2.05) is 12.4 Å². The van der Waals surface area contributed by atoms with Crippen molar-refractivity contribution in [2.45, 2.75) is 32.2 Å². The van der Waals surface area contributed by atoms with Crippen molar-refractivity contribution < 1.29 is 4.39 Å². The largest absolute Gasteiger partial charge is 0.327 e. The molecule has 1 aromatic carbocycles. The molecule has 3 heteroatoms. The molecule has 2 aromatic rings. The van der Waals surface area contributed by atoms with Gasteiger partial charge >= 0.3 is 0 Å². The number of hydrogen-bond donors (Lipinski definition) is 0. The number of hydrogen-bond acceptors (Lipinski definition) is 1. The second-order valence-corrected chi connectivity index (χ2v) is 4.33. The van der Waals surface area contributed by atoms with Crippen LogP contribution in [0.2, 0.25) is 0 Å². The molecular formula is C12H13FN2. The molecule has 0 amide bonds. The van der Waals surface area contributed by atoms with Gasteiger partial charge in [0.15, 0.2) is 0 Å². The molecule has 78 valence electrons. The van der Waals surface area contributed by atoms with Crippen molar-refractivity contribution in [3.8, 4) is 0 Å². The Labute approximate surface area is 87.7 Å². The summed E-state index contributed by atoms with van der Waals surface area (Å²) < 4.78 is 15.6. The van der Waals surface area contributed by atoms with Crippen LogP contribution in [-0.2, 0) is 0 Å². The predicted octanol–water partition coefficient (Wildman–Crippen LogP) is 3.21. The third-order valence-electron chi connectivity index (χ3n) is 3.32. The van der Waals surface area contributed by atoms with Gasteiger partial charge in [-0.05, 0) is 37.8 Å². The normalized spacial score (nSPS) is 16.9. The maximum atomic E-state index is 13.5. The van der Waals surface area contributed by atoms with Crippen LogP contribution in [0.3, 0.4) is 0 Å². The summed E-state index contributed by atoms with van der Waals surface area (Å²) in [4.78, 5) is 4.32. The van der Waals surface area contributed by atoms with Crippen LogP contribution < -0.4 is 0 Å². The maximum Gasteiger partial charge on any atom is 0.128 e. The zero-order valence-corrected chi connectivity index (χ0v) is 8.70. The van der Waals surface area contributed by atoms with E-state index in [9.17, 15) is 4.39 Å². The van der Waals surface area contributed by atoms with Crippen molar-refractivity contribution in [3.63, 3.8) is 0 Å². The van der Waals surface area contributed by atoms with Gasteiger partial charge in [0.2, 0.25) is 0 Å². The fourth-order valence-corrected chi connectivity index (χ4v) is 2.11. The molecule has 0 radical (unpaired) electrons. The van der Waals surface area contributed by atoms with Crippen LogP contribution >= 0.6 is 0 Å². The average molecular weight is 204 g/mol. The molecule has 1 aliphatic rings. The lowest BCUT2D eigenvalue weighted by molar-refractivity contribution is 0.320. The van der Waals surface area contributed by atoms with Crippen molar-refractivity contribution >= 4 is 11.0 Å². The minimum Gasteiger partial charge on any atom is -0.327 e. The number of imidazole rings is 1. The van der Waals surface area contributed by atoms with Crippen LogP contribution in [0.25, 0.3) is 11.0 Å². The average Bonchev–Trinajstić information content (AvgIpc) is 2.48. The van der Waals surface area contributed by atoms with Crippen LogP contribution in [0.5, 0.6) is 0 Å². The van der Waals surface area contributed by atoms with Gasteiger partial charge in [0, 0.05) is 12.1 Å². The molecule has 0 unspecified atom stereocenters. The highest BCUT2D eigenvalue weighted by atomic mass is 19.1. The van der Waals surface area contributed by atoms with Crippen LogP contribution in [0.4, 0.5) is 4.39 Å². The minimum absolute atomic E-state index is 0.136. The fourth-order valence-electron chi connectivity index (χ4n) is 2.11. The van der Waals surface area contributed by atoms with Gasteiger partial charge in [-0.15, -0.1) is 0 Å². The van der Waals surface area contributed by atoms with Crippen molar-refractivity contribution in [2.75, 3.05) is 0 Å². The first-order chi connectivity index (χ1) is 7.25. The van der Waals surface area contributed by atoms with Crippen molar-refractivity contribution in [2.24, 2.45) is 0 Å². The van der Waals surface area contributed by atoms with E-state index in [0.29, 0.717) is 11.6 Å². The highest BCUT2D eigenvalue weighted by Gasteiger charge is 2.21. The summed E-state index contributed by atoms with van der Waals surface area (Å²) in [5, 5.41) is 0. The Morgan fingerprint density at radius 3 is 2.87 bits per heavy atom. The Kier molecular flexibility index (Phi) is 1.81. The summed E-state index contributed by atoms with van der Waals surface area (Å²) in [5.74, 6) is -0.136. The summed E-state index contributed by atoms with van der Waals surface area (Å²) in [6, 6.07) is 3.97. The van der Waals surface area contributed by atoms with Crippen LogP contribution in [0.1, 0.15) is 30.9 Å². The molecule has 1 aromatic heterocycles. The molecule has 3 rings (SSSR count). The number of halogens is 1. The van der Waals surface area contributed by atoms with Gasteiger partial charge in [-0.3, -0.25) is 0 Å². The van der Waals surface area contributed by atoms with E-state index in [0.717, 1.165) is 11.0 Å². The van der Waals surface area contributed by atoms with Gasteiger partial charge in [-0.1, -0.05) is 0 Å². The second-order valence-electron chi connectivity index (χ2n) is 4.33. The van der Waals surface area contributed by atoms with Gasteiger partial charge in [0.1, 0.15) is 5.82 Å². The quantitative estimate of drug-likeness (QED) is 0.697. The summed E-state index contributed by atoms with van der Waals surface area (Å²) in [6.45, 7) is 1.77. The summed E-state index contributed by atoms with van der Waals surface area (Å²) in [6.07, 6.45) is 5.51. The first kappa shape index (κ1) is 8.89. The van der Waals surface area contributed by atoms with Gasteiger partial charge in [-0.2, -0.15) is 0 Å². The Bertz CT molecular complexity index is 512. The van der Waals surface area contributed by atoms with Gasteiger partial charge < -0.3 is 4.57 Å². The van der Waals surface area contributed by atoms with E-state index in [2.05, 4.69) is 9.55 Å². The number of aromatic nitrogens is 2. The van der Waals surface area contributed by atoms with E-state index in [1.54, 1.807) is 13.0 Å². The number of aryl methyl sites for hydroxylation is 1. The lowest BCUT2D eigenvalue weighted by Gasteiger charge is -2.27. The molecule has 0 N–H and O–H groups in total. The summed E-state index contributed by atoms with van der Waals surface area (Å²) in [7, 11) is 0. The SMILES string of the molecule is Cc1cc2ncn(C3CCC3)c2cc1F. The third kappa shape index (κ3) is 1.26. The molecule has 1 heterocycles. The second kappa shape index (κ2) is 3.05. The highest BCUT2D eigenvalue weighted by molar-refractivity contribution is 5.76. The Morgan fingerprint density at radius 2 is 2.20 bits per heavy atom. The van der Waals surface area contributed by atoms with E-state index in [1.165, 1.54) is 19.3 Å². The first-order valence-electron chi connectivity index (χ1n) is 5.38. The topological polar surface area (TPSA) is 17.8 Å². The lowest BCUT2D eigenvalue weighted by Crippen LogP contribution is -2.15. The van der Waals surface area contributed by atoms with Gasteiger partial charge in [-0.25, -0.2) is 9.37 Å². The Morgan fingerprint density at radius 1 is 1.40 bits per heavy atom. The molecule has 2 nitrogen and oxygen atoms in total. The van der Waals surface area contributed by atoms with Crippen molar-refractivity contribution in [3.05, 3.63) is 29.8 Å². The van der Waals surface area contributed by atoms with Crippen LogP contribution in [0, 0.1) is 12.7 Å². The molecule has 0 bridgehead atoms. The highest BCUT2D eigenvalue weighted by Crippen LogP contribution is 2.34. The summed E-state index contributed by atoms with van der Waals surface area (Å²) >= 11 is 0. The maximum absolute atomic E-state index is 13.5. The fraction of sp³-hybridized carbons (Fsp3) is 0.417. The predicted molar refractivity (Wildman–Crippen MR) is 57.3 cm³/mol. The summed E-state index contributed by atoms with van der Waals surface area (Å²) in [5.41, 5.74) is 2.50. The van der Waals surface area contributed by atoms with E-state index < -0.39 is 0 Å². The zero-order valence-electron chi connectivity index (χ0n) is 8.70. The Balaban J connectivity index is 2.19. The molecule has 0 spiro atoms. The van der Waals surface area contributed by atoms with Gasteiger partial charge in [0.05, 0.1) is 17.4 Å². The van der Waals surface area contributed by atoms with Crippen molar-refractivity contribution in [1.29, 1.82) is 0 Å². The lowest BCUT2D eigenvalue weighted by atomic mass is 9.93. The smallest absolute Gasteiger partial charge is 0.128 e. The Hall–Kier alpha value is -1.38. The van der Waals surface area contributed by atoms with E-state index in [-0.39, 0.29) is 5.82 Å². The molecule has 1 fully saturated rings. The van der Waals surface area contributed by atoms with E-state index in [4.69, 9.17) is 0 Å². The number of benzene rings is 1. The first-order valence-corrected chi connectivity index (χ1v) is 5.38. The van der Waals surface area contributed by atoms with E-state index >= 15 is 0 Å². The molecule has 15 heavy (non-hydrogen) atoms. The van der Waals surface area contributed by atoms with Crippen molar-refractivity contribution in [1.82, 2.24) is 9.55 Å². The van der Waals surface area contributed by atoms with Crippen LogP contribution in [0.15, 0.2) is 18.5 Å². The zero-order chi connectivity index (χ0) is 10.4. The third-order valence-corrected chi connectivity index (χ3v) is 3.32. The molecular weight excluding hydrogens is 191 g/mol.